The molecule has 0 N–H and O–H groups in total. The van der Waals surface area contributed by atoms with Crippen molar-refractivity contribution < 1.29 is 4.42 Å². The van der Waals surface area contributed by atoms with Crippen LogP contribution in [-0.2, 0) is 4.43 Å². The van der Waals surface area contributed by atoms with Gasteiger partial charge in [-0.15, -0.1) is 0 Å². The molecule has 0 fully saturated rings. The second kappa shape index (κ2) is 4.15. The minimum absolute atomic E-state index is 0.514. The van der Waals surface area contributed by atoms with Crippen LogP contribution in [0.2, 0.25) is 10.0 Å². The Bertz CT molecular complexity index is 500. The Morgan fingerprint density at radius 3 is 2.86 bits per heavy atom. The summed E-state index contributed by atoms with van der Waals surface area (Å²) < 4.78 is 6.85. The van der Waals surface area contributed by atoms with Crippen LogP contribution in [0.3, 0.4) is 0 Å². The lowest BCUT2D eigenvalue weighted by Crippen LogP contribution is -1.76. The molecule has 0 radical (unpaired) electrons. The maximum Gasteiger partial charge on any atom is 0.205 e. The number of fused-ring (bicyclic) bond motifs is 1. The molecule has 0 saturated carbocycles. The van der Waals surface area contributed by atoms with Crippen molar-refractivity contribution in [3.8, 4) is 0 Å². The fourth-order valence-electron chi connectivity index (χ4n) is 1.09. The molecule has 74 valence electrons. The zero-order valence-corrected chi connectivity index (χ0v) is 11.9. The van der Waals surface area contributed by atoms with Crippen molar-refractivity contribution in [2.75, 3.05) is 0 Å². The average Bonchev–Trinajstić information content (AvgIpc) is 2.58. The first kappa shape index (κ1) is 11.0. The largest absolute Gasteiger partial charge is 0.438 e. The third kappa shape index (κ3) is 1.77. The van der Waals surface area contributed by atoms with Crippen LogP contribution in [0.1, 0.15) is 5.89 Å². The Labute approximate surface area is 112 Å². The molecule has 14 heavy (non-hydrogen) atoms. The SMILES string of the molecule is Clc1c(Br)cc(Cl)c2oc(CI)nc12. The molecule has 0 amide bonds. The third-order valence-electron chi connectivity index (χ3n) is 1.67. The van der Waals surface area contributed by atoms with Crippen molar-refractivity contribution in [2.24, 2.45) is 0 Å². The van der Waals surface area contributed by atoms with Crippen LogP contribution in [0, 0.1) is 0 Å². The Hall–Kier alpha value is 0.480. The zero-order valence-electron chi connectivity index (χ0n) is 6.65. The van der Waals surface area contributed by atoms with Gasteiger partial charge >= 0.3 is 0 Å². The second-order valence-corrected chi connectivity index (χ2v) is 4.98. The van der Waals surface area contributed by atoms with Crippen LogP contribution >= 0.6 is 61.7 Å². The summed E-state index contributed by atoms with van der Waals surface area (Å²) in [7, 11) is 0. The summed E-state index contributed by atoms with van der Waals surface area (Å²) in [5, 5.41) is 1.05. The van der Waals surface area contributed by atoms with Crippen LogP contribution in [-0.4, -0.2) is 4.98 Å². The lowest BCUT2D eigenvalue weighted by molar-refractivity contribution is 0.559. The predicted octanol–water partition coefficient (Wildman–Crippen LogP) is 4.83. The number of hydrogen-bond acceptors (Lipinski definition) is 2. The normalized spacial score (nSPS) is 11.1. The van der Waals surface area contributed by atoms with E-state index in [9.17, 15) is 0 Å². The van der Waals surface area contributed by atoms with Gasteiger partial charge in [-0.3, -0.25) is 0 Å². The number of benzene rings is 1. The van der Waals surface area contributed by atoms with Crippen molar-refractivity contribution >= 4 is 72.8 Å². The summed E-state index contributed by atoms with van der Waals surface area (Å²) in [4.78, 5) is 4.23. The maximum atomic E-state index is 6.04. The van der Waals surface area contributed by atoms with Crippen molar-refractivity contribution in [3.05, 3.63) is 26.5 Å². The molecule has 1 aromatic heterocycles. The van der Waals surface area contributed by atoms with Crippen LogP contribution < -0.4 is 0 Å². The Morgan fingerprint density at radius 2 is 2.21 bits per heavy atom. The van der Waals surface area contributed by atoms with Gasteiger partial charge in [-0.2, -0.15) is 0 Å². The minimum Gasteiger partial charge on any atom is -0.438 e. The van der Waals surface area contributed by atoms with Gasteiger partial charge in [-0.05, 0) is 22.0 Å². The number of rotatable bonds is 1. The molecule has 2 nitrogen and oxygen atoms in total. The first-order chi connectivity index (χ1) is 6.63. The number of alkyl halides is 1. The quantitative estimate of drug-likeness (QED) is 0.385. The standard InChI is InChI=1S/C8H3BrCl2INO/c9-3-1-4(10)8-7(6(3)11)13-5(2-12)14-8/h1H,2H2. The monoisotopic (exact) mass is 405 g/mol. The number of nitrogens with zero attached hydrogens (tertiary/aromatic N) is 1. The maximum absolute atomic E-state index is 6.04. The van der Waals surface area contributed by atoms with E-state index in [0.717, 1.165) is 4.47 Å². The van der Waals surface area contributed by atoms with E-state index < -0.39 is 0 Å². The van der Waals surface area contributed by atoms with Crippen LogP contribution in [0.5, 0.6) is 0 Å². The number of aromatic nitrogens is 1. The Balaban J connectivity index is 2.84. The summed E-state index contributed by atoms with van der Waals surface area (Å²) in [6.07, 6.45) is 0. The highest BCUT2D eigenvalue weighted by atomic mass is 127. The van der Waals surface area contributed by atoms with Gasteiger partial charge < -0.3 is 4.42 Å². The third-order valence-corrected chi connectivity index (χ3v) is 3.84. The summed E-state index contributed by atoms with van der Waals surface area (Å²) in [6, 6.07) is 1.70. The van der Waals surface area contributed by atoms with Crippen LogP contribution in [0.15, 0.2) is 15.0 Å². The van der Waals surface area contributed by atoms with Crippen LogP contribution in [0.25, 0.3) is 11.1 Å². The number of halogens is 4. The topological polar surface area (TPSA) is 26.0 Å². The van der Waals surface area contributed by atoms with E-state index in [1.807, 2.05) is 0 Å². The molecule has 2 rings (SSSR count). The molecule has 6 heteroatoms. The second-order valence-electron chi connectivity index (χ2n) is 2.57. The molecule has 0 aliphatic rings. The Morgan fingerprint density at radius 1 is 1.50 bits per heavy atom. The van der Waals surface area contributed by atoms with E-state index in [4.69, 9.17) is 27.6 Å². The van der Waals surface area contributed by atoms with Gasteiger partial charge in [0.05, 0.1) is 14.5 Å². The lowest BCUT2D eigenvalue weighted by atomic mass is 10.3. The van der Waals surface area contributed by atoms with Gasteiger partial charge in [0.25, 0.3) is 0 Å². The smallest absolute Gasteiger partial charge is 0.205 e. The molecule has 1 aromatic carbocycles. The van der Waals surface area contributed by atoms with Crippen LogP contribution in [0.4, 0.5) is 0 Å². The van der Waals surface area contributed by atoms with Gasteiger partial charge in [-0.25, -0.2) is 4.98 Å². The summed E-state index contributed by atoms with van der Waals surface area (Å²) >= 11 is 17.5. The van der Waals surface area contributed by atoms with Gasteiger partial charge in [0.15, 0.2) is 5.58 Å². The molecular weight excluding hydrogens is 404 g/mol. The molecule has 0 aliphatic carbocycles. The first-order valence-electron chi connectivity index (χ1n) is 3.62. The van der Waals surface area contributed by atoms with E-state index in [1.165, 1.54) is 0 Å². The zero-order chi connectivity index (χ0) is 10.3. The Kier molecular flexibility index (Phi) is 3.26. The molecule has 1 heterocycles. The molecule has 2 aromatic rings. The number of oxazole rings is 1. The fourth-order valence-corrected chi connectivity index (χ4v) is 2.38. The highest BCUT2D eigenvalue weighted by Gasteiger charge is 2.14. The van der Waals surface area contributed by atoms with Crippen molar-refractivity contribution in [3.63, 3.8) is 0 Å². The molecule has 0 atom stereocenters. The molecule has 0 unspecified atom stereocenters. The van der Waals surface area contributed by atoms with E-state index in [1.54, 1.807) is 6.07 Å². The predicted molar refractivity (Wildman–Crippen MR) is 69.5 cm³/mol. The van der Waals surface area contributed by atoms with E-state index in [2.05, 4.69) is 43.5 Å². The van der Waals surface area contributed by atoms with Crippen molar-refractivity contribution in [2.45, 2.75) is 4.43 Å². The van der Waals surface area contributed by atoms with Gasteiger partial charge in [0.2, 0.25) is 5.89 Å². The minimum atomic E-state index is 0.514. The summed E-state index contributed by atoms with van der Waals surface area (Å²) in [5.74, 6) is 0.627. The molecule has 0 bridgehead atoms. The highest BCUT2D eigenvalue weighted by molar-refractivity contribution is 14.1. The molecule has 0 aliphatic heterocycles. The van der Waals surface area contributed by atoms with E-state index in [-0.39, 0.29) is 0 Å². The first-order valence-corrected chi connectivity index (χ1v) is 6.70. The van der Waals surface area contributed by atoms with E-state index >= 15 is 0 Å². The van der Waals surface area contributed by atoms with Crippen molar-refractivity contribution in [1.82, 2.24) is 4.98 Å². The molecule has 0 spiro atoms. The number of hydrogen-bond donors (Lipinski definition) is 0. The van der Waals surface area contributed by atoms with Gasteiger partial charge in [0, 0.05) is 4.47 Å². The van der Waals surface area contributed by atoms with Gasteiger partial charge in [-0.1, -0.05) is 45.8 Å². The summed E-state index contributed by atoms with van der Waals surface area (Å²) in [5.41, 5.74) is 1.16. The summed E-state index contributed by atoms with van der Waals surface area (Å²) in [6.45, 7) is 0. The fraction of sp³-hybridized carbons (Fsp3) is 0.125. The highest BCUT2D eigenvalue weighted by Crippen LogP contribution is 2.36. The lowest BCUT2D eigenvalue weighted by Gasteiger charge is -1.96. The van der Waals surface area contributed by atoms with E-state index in [0.29, 0.717) is 31.5 Å². The van der Waals surface area contributed by atoms with Crippen molar-refractivity contribution in [1.29, 1.82) is 0 Å². The molecule has 0 saturated heterocycles. The molecular formula is C8H3BrCl2INO. The van der Waals surface area contributed by atoms with Gasteiger partial charge in [0.1, 0.15) is 5.52 Å². The average molecular weight is 407 g/mol.